The van der Waals surface area contributed by atoms with E-state index >= 15 is 0 Å². The molecule has 0 N–H and O–H groups in total. The Morgan fingerprint density at radius 2 is 1.64 bits per heavy atom. The van der Waals surface area contributed by atoms with Crippen LogP contribution in [0.15, 0.2) is 36.4 Å². The zero-order valence-corrected chi connectivity index (χ0v) is 14.0. The molecule has 0 aliphatic heterocycles. The van der Waals surface area contributed by atoms with Gasteiger partial charge in [0.25, 0.3) is 0 Å². The Morgan fingerprint density at radius 1 is 1.05 bits per heavy atom. The summed E-state index contributed by atoms with van der Waals surface area (Å²) in [6.45, 7) is 2.47. The molecule has 2 aromatic carbocycles. The third-order valence-corrected chi connectivity index (χ3v) is 3.52. The molecule has 3 nitrogen and oxygen atoms in total. The molecule has 0 spiro atoms. The Hall–Kier alpha value is -1.42. The van der Waals surface area contributed by atoms with Crippen molar-refractivity contribution in [1.82, 2.24) is 0 Å². The van der Waals surface area contributed by atoms with Crippen LogP contribution in [0.5, 0.6) is 11.5 Å². The molecular formula is C16H13Cl3O3. The molecular weight excluding hydrogens is 347 g/mol. The van der Waals surface area contributed by atoms with Crippen LogP contribution in [0.2, 0.25) is 15.1 Å². The molecule has 0 saturated carbocycles. The average molecular weight is 360 g/mol. The zero-order valence-electron chi connectivity index (χ0n) is 11.7. The first kappa shape index (κ1) is 16.9. The Balaban J connectivity index is 2.18. The van der Waals surface area contributed by atoms with Crippen molar-refractivity contribution in [1.29, 1.82) is 0 Å². The molecule has 0 unspecified atom stereocenters. The molecule has 0 atom stereocenters. The molecule has 0 aromatic heterocycles. The Bertz CT molecular complexity index is 646. The number of hydrogen-bond donors (Lipinski definition) is 0. The maximum Gasteiger partial charge on any atom is 0.343 e. The van der Waals surface area contributed by atoms with Crippen molar-refractivity contribution in [3.05, 3.63) is 57.0 Å². The summed E-state index contributed by atoms with van der Waals surface area (Å²) in [5.41, 5.74) is 0.244. The number of carbonyl (C=O) groups excluding carboxylic acids is 1. The van der Waals surface area contributed by atoms with Crippen molar-refractivity contribution >= 4 is 40.8 Å². The van der Waals surface area contributed by atoms with E-state index in [2.05, 4.69) is 0 Å². The van der Waals surface area contributed by atoms with E-state index in [0.29, 0.717) is 23.1 Å². The average Bonchev–Trinajstić information content (AvgIpc) is 2.48. The van der Waals surface area contributed by atoms with Crippen LogP contribution < -0.4 is 9.47 Å². The monoisotopic (exact) mass is 358 g/mol. The van der Waals surface area contributed by atoms with Gasteiger partial charge in [0, 0.05) is 5.02 Å². The van der Waals surface area contributed by atoms with Gasteiger partial charge in [-0.3, -0.25) is 0 Å². The second-order valence-electron chi connectivity index (χ2n) is 4.46. The summed E-state index contributed by atoms with van der Waals surface area (Å²) in [6, 6.07) is 9.40. The molecule has 0 saturated heterocycles. The van der Waals surface area contributed by atoms with Crippen LogP contribution in [0, 0.1) is 0 Å². The largest absolute Gasteiger partial charge is 0.490 e. The van der Waals surface area contributed by atoms with Crippen molar-refractivity contribution in [2.45, 2.75) is 13.3 Å². The lowest BCUT2D eigenvalue weighted by molar-refractivity contribution is 0.0734. The molecule has 0 bridgehead atoms. The van der Waals surface area contributed by atoms with Gasteiger partial charge in [-0.1, -0.05) is 41.7 Å². The first-order chi connectivity index (χ1) is 10.5. The highest BCUT2D eigenvalue weighted by Gasteiger charge is 2.15. The summed E-state index contributed by atoms with van der Waals surface area (Å²) < 4.78 is 10.7. The number of rotatable bonds is 5. The third kappa shape index (κ3) is 4.29. The van der Waals surface area contributed by atoms with Crippen LogP contribution in [-0.2, 0) is 0 Å². The SMILES string of the molecule is CCCOc1c(Cl)cc(C(=O)Oc2ccc(Cl)cc2)cc1Cl. The number of hydrogen-bond acceptors (Lipinski definition) is 3. The van der Waals surface area contributed by atoms with Crippen LogP contribution in [-0.4, -0.2) is 12.6 Å². The lowest BCUT2D eigenvalue weighted by atomic mass is 10.2. The van der Waals surface area contributed by atoms with E-state index in [1.54, 1.807) is 24.3 Å². The van der Waals surface area contributed by atoms with Crippen LogP contribution >= 0.6 is 34.8 Å². The summed E-state index contributed by atoms with van der Waals surface area (Å²) in [5.74, 6) is 0.189. The number of carbonyl (C=O) groups is 1. The third-order valence-electron chi connectivity index (χ3n) is 2.71. The summed E-state index contributed by atoms with van der Waals surface area (Å²) >= 11 is 18.0. The Kier molecular flexibility index (Phi) is 5.95. The highest BCUT2D eigenvalue weighted by atomic mass is 35.5. The van der Waals surface area contributed by atoms with Crippen molar-refractivity contribution in [3.63, 3.8) is 0 Å². The van der Waals surface area contributed by atoms with Gasteiger partial charge >= 0.3 is 5.97 Å². The van der Waals surface area contributed by atoms with Crippen molar-refractivity contribution < 1.29 is 14.3 Å². The van der Waals surface area contributed by atoms with E-state index in [1.807, 2.05) is 6.92 Å². The quantitative estimate of drug-likeness (QED) is 0.511. The smallest absolute Gasteiger partial charge is 0.343 e. The second kappa shape index (κ2) is 7.73. The number of ether oxygens (including phenoxy) is 2. The Labute approximate surface area is 143 Å². The van der Waals surface area contributed by atoms with Gasteiger partial charge in [0.1, 0.15) is 5.75 Å². The molecule has 0 heterocycles. The zero-order chi connectivity index (χ0) is 16.1. The fourth-order valence-corrected chi connectivity index (χ4v) is 2.41. The summed E-state index contributed by atoms with van der Waals surface area (Å²) in [4.78, 5) is 12.1. The molecule has 0 aliphatic rings. The molecule has 0 amide bonds. The van der Waals surface area contributed by atoms with E-state index in [9.17, 15) is 4.79 Å². The maximum atomic E-state index is 12.1. The molecule has 116 valence electrons. The normalized spacial score (nSPS) is 10.4. The number of halogens is 3. The van der Waals surface area contributed by atoms with Crippen LogP contribution in [0.1, 0.15) is 23.7 Å². The van der Waals surface area contributed by atoms with Gasteiger partial charge < -0.3 is 9.47 Å². The molecule has 0 radical (unpaired) electrons. The minimum absolute atomic E-state index is 0.244. The predicted molar refractivity (Wildman–Crippen MR) is 88.7 cm³/mol. The van der Waals surface area contributed by atoms with Crippen molar-refractivity contribution in [3.8, 4) is 11.5 Å². The standard InChI is InChI=1S/C16H13Cl3O3/c1-2-7-21-15-13(18)8-10(9-14(15)19)16(20)22-12-5-3-11(17)4-6-12/h3-6,8-9H,2,7H2,1H3. The van der Waals surface area contributed by atoms with Crippen LogP contribution in [0.4, 0.5) is 0 Å². The molecule has 2 rings (SSSR count). The van der Waals surface area contributed by atoms with E-state index < -0.39 is 5.97 Å². The van der Waals surface area contributed by atoms with E-state index in [4.69, 9.17) is 44.3 Å². The van der Waals surface area contributed by atoms with Crippen LogP contribution in [0.25, 0.3) is 0 Å². The van der Waals surface area contributed by atoms with E-state index in [0.717, 1.165) is 6.42 Å². The molecule has 6 heteroatoms. The fourth-order valence-electron chi connectivity index (χ4n) is 1.69. The molecule has 0 fully saturated rings. The van der Waals surface area contributed by atoms with Gasteiger partial charge in [-0.2, -0.15) is 0 Å². The molecule has 0 aliphatic carbocycles. The fraction of sp³-hybridized carbons (Fsp3) is 0.188. The number of benzene rings is 2. The summed E-state index contributed by atoms with van der Waals surface area (Å²) in [5, 5.41) is 1.09. The van der Waals surface area contributed by atoms with E-state index in [1.165, 1.54) is 12.1 Å². The lowest BCUT2D eigenvalue weighted by Gasteiger charge is -2.11. The minimum atomic E-state index is -0.562. The Morgan fingerprint density at radius 3 is 2.18 bits per heavy atom. The summed E-state index contributed by atoms with van der Waals surface area (Å²) in [6.07, 6.45) is 0.826. The van der Waals surface area contributed by atoms with Crippen LogP contribution in [0.3, 0.4) is 0 Å². The van der Waals surface area contributed by atoms with Gasteiger partial charge in [-0.05, 0) is 42.8 Å². The maximum absolute atomic E-state index is 12.1. The highest BCUT2D eigenvalue weighted by molar-refractivity contribution is 6.37. The molecule has 2 aromatic rings. The van der Waals surface area contributed by atoms with Gasteiger partial charge in [0.15, 0.2) is 5.75 Å². The van der Waals surface area contributed by atoms with Gasteiger partial charge in [0.05, 0.1) is 22.2 Å². The summed E-state index contributed by atoms with van der Waals surface area (Å²) in [7, 11) is 0. The van der Waals surface area contributed by atoms with Gasteiger partial charge in [-0.25, -0.2) is 4.79 Å². The number of esters is 1. The predicted octanol–water partition coefficient (Wildman–Crippen LogP) is 5.65. The topological polar surface area (TPSA) is 35.5 Å². The van der Waals surface area contributed by atoms with Crippen molar-refractivity contribution in [2.75, 3.05) is 6.61 Å². The highest BCUT2D eigenvalue weighted by Crippen LogP contribution is 2.34. The molecule has 22 heavy (non-hydrogen) atoms. The lowest BCUT2D eigenvalue weighted by Crippen LogP contribution is -2.09. The first-order valence-corrected chi connectivity index (χ1v) is 7.74. The van der Waals surface area contributed by atoms with Gasteiger partial charge in [-0.15, -0.1) is 0 Å². The van der Waals surface area contributed by atoms with Gasteiger partial charge in [0.2, 0.25) is 0 Å². The second-order valence-corrected chi connectivity index (χ2v) is 5.71. The van der Waals surface area contributed by atoms with Crippen molar-refractivity contribution in [2.24, 2.45) is 0 Å². The van der Waals surface area contributed by atoms with E-state index in [-0.39, 0.29) is 15.6 Å². The minimum Gasteiger partial charge on any atom is -0.490 e. The first-order valence-electron chi connectivity index (χ1n) is 6.61.